The standard InChI is InChI=1S/C12H19BrN2S/c1-4-5-14-7-10(2)15(3)8-11-6-12(13)16-9-11/h4,6,9-10,14H,1,5,7-8H2,2-3H3. The molecular formula is C12H19BrN2S. The molecule has 1 aromatic heterocycles. The molecule has 0 aliphatic carbocycles. The fourth-order valence-corrected chi connectivity index (χ4v) is 2.62. The van der Waals surface area contributed by atoms with Gasteiger partial charge in [0.15, 0.2) is 0 Å². The maximum absolute atomic E-state index is 3.69. The van der Waals surface area contributed by atoms with E-state index in [1.807, 2.05) is 6.08 Å². The van der Waals surface area contributed by atoms with Crippen LogP contribution in [-0.4, -0.2) is 31.1 Å². The number of nitrogens with zero attached hydrogens (tertiary/aromatic N) is 1. The number of thiophene rings is 1. The maximum atomic E-state index is 3.69. The van der Waals surface area contributed by atoms with Gasteiger partial charge >= 0.3 is 0 Å². The van der Waals surface area contributed by atoms with Crippen LogP contribution in [0.25, 0.3) is 0 Å². The predicted molar refractivity (Wildman–Crippen MR) is 76.0 cm³/mol. The second-order valence-corrected chi connectivity index (χ2v) is 6.26. The highest BCUT2D eigenvalue weighted by molar-refractivity contribution is 9.11. The topological polar surface area (TPSA) is 15.3 Å². The van der Waals surface area contributed by atoms with E-state index in [9.17, 15) is 0 Å². The van der Waals surface area contributed by atoms with Crippen LogP contribution in [0.2, 0.25) is 0 Å². The van der Waals surface area contributed by atoms with Crippen molar-refractivity contribution in [2.75, 3.05) is 20.1 Å². The Kier molecular flexibility index (Phi) is 6.28. The zero-order valence-electron chi connectivity index (χ0n) is 9.87. The lowest BCUT2D eigenvalue weighted by atomic mass is 10.2. The third-order valence-electron chi connectivity index (χ3n) is 2.53. The number of likely N-dealkylation sites (N-methyl/N-ethyl adjacent to an activating group) is 1. The van der Waals surface area contributed by atoms with Crippen molar-refractivity contribution in [2.45, 2.75) is 19.5 Å². The van der Waals surface area contributed by atoms with E-state index in [1.165, 1.54) is 9.35 Å². The molecule has 0 amide bonds. The van der Waals surface area contributed by atoms with E-state index in [0.717, 1.165) is 19.6 Å². The Morgan fingerprint density at radius 2 is 2.44 bits per heavy atom. The molecule has 1 heterocycles. The molecule has 0 aromatic carbocycles. The van der Waals surface area contributed by atoms with E-state index in [0.29, 0.717) is 6.04 Å². The average Bonchev–Trinajstić information content (AvgIpc) is 2.64. The lowest BCUT2D eigenvalue weighted by Gasteiger charge is -2.24. The van der Waals surface area contributed by atoms with E-state index < -0.39 is 0 Å². The minimum atomic E-state index is 0.527. The molecule has 0 bridgehead atoms. The minimum absolute atomic E-state index is 0.527. The van der Waals surface area contributed by atoms with Gasteiger partial charge in [-0.15, -0.1) is 17.9 Å². The highest BCUT2D eigenvalue weighted by atomic mass is 79.9. The summed E-state index contributed by atoms with van der Waals surface area (Å²) in [5.41, 5.74) is 1.37. The van der Waals surface area contributed by atoms with Gasteiger partial charge in [0.1, 0.15) is 0 Å². The van der Waals surface area contributed by atoms with Crippen LogP contribution in [0.5, 0.6) is 0 Å². The van der Waals surface area contributed by atoms with E-state index >= 15 is 0 Å². The van der Waals surface area contributed by atoms with Crippen molar-refractivity contribution in [3.05, 3.63) is 33.5 Å². The van der Waals surface area contributed by atoms with Gasteiger partial charge in [-0.2, -0.15) is 0 Å². The van der Waals surface area contributed by atoms with Gasteiger partial charge in [0.05, 0.1) is 3.79 Å². The Morgan fingerprint density at radius 1 is 1.69 bits per heavy atom. The predicted octanol–water partition coefficient (Wildman–Crippen LogP) is 3.11. The smallest absolute Gasteiger partial charge is 0.0701 e. The summed E-state index contributed by atoms with van der Waals surface area (Å²) >= 11 is 5.23. The monoisotopic (exact) mass is 302 g/mol. The Bertz CT molecular complexity index is 325. The fourth-order valence-electron chi connectivity index (χ4n) is 1.42. The third kappa shape index (κ3) is 4.78. The molecule has 1 atom stereocenters. The quantitative estimate of drug-likeness (QED) is 0.615. The number of hydrogen-bond donors (Lipinski definition) is 1. The first kappa shape index (κ1) is 13.9. The molecule has 0 radical (unpaired) electrons. The van der Waals surface area contributed by atoms with Crippen molar-refractivity contribution in [1.82, 2.24) is 10.2 Å². The molecule has 0 aliphatic rings. The van der Waals surface area contributed by atoms with Crippen LogP contribution >= 0.6 is 27.3 Å². The molecular weight excluding hydrogens is 284 g/mol. The van der Waals surface area contributed by atoms with Crippen molar-refractivity contribution in [2.24, 2.45) is 0 Å². The third-order valence-corrected chi connectivity index (χ3v) is 4.09. The van der Waals surface area contributed by atoms with Crippen LogP contribution in [0.4, 0.5) is 0 Å². The van der Waals surface area contributed by atoms with Gasteiger partial charge in [-0.1, -0.05) is 6.08 Å². The summed E-state index contributed by atoms with van der Waals surface area (Å²) in [5.74, 6) is 0. The lowest BCUT2D eigenvalue weighted by molar-refractivity contribution is 0.245. The first-order valence-corrected chi connectivity index (χ1v) is 7.05. The number of halogens is 1. The summed E-state index contributed by atoms with van der Waals surface area (Å²) in [6.07, 6.45) is 1.89. The molecule has 0 saturated carbocycles. The molecule has 1 aromatic rings. The summed E-state index contributed by atoms with van der Waals surface area (Å²) in [5, 5.41) is 5.54. The minimum Gasteiger partial charge on any atom is -0.312 e. The molecule has 0 saturated heterocycles. The summed E-state index contributed by atoms with van der Waals surface area (Å²) in [6.45, 7) is 8.80. The molecule has 90 valence electrons. The number of hydrogen-bond acceptors (Lipinski definition) is 3. The van der Waals surface area contributed by atoms with Gasteiger partial charge in [-0.3, -0.25) is 4.90 Å². The molecule has 2 nitrogen and oxygen atoms in total. The Balaban J connectivity index is 2.33. The molecule has 1 N–H and O–H groups in total. The first-order valence-electron chi connectivity index (χ1n) is 5.38. The summed E-state index contributed by atoms with van der Waals surface area (Å²) in [6, 6.07) is 2.71. The van der Waals surface area contributed by atoms with E-state index in [4.69, 9.17) is 0 Å². The molecule has 0 aliphatic heterocycles. The van der Waals surface area contributed by atoms with Crippen LogP contribution < -0.4 is 5.32 Å². The number of nitrogens with one attached hydrogen (secondary N) is 1. The Morgan fingerprint density at radius 3 is 3.00 bits per heavy atom. The highest BCUT2D eigenvalue weighted by Crippen LogP contribution is 2.21. The van der Waals surface area contributed by atoms with Gasteiger partial charge in [0.25, 0.3) is 0 Å². The lowest BCUT2D eigenvalue weighted by Crippen LogP contribution is -2.37. The van der Waals surface area contributed by atoms with Crippen LogP contribution in [0.15, 0.2) is 27.9 Å². The second kappa shape index (κ2) is 7.22. The van der Waals surface area contributed by atoms with Crippen molar-refractivity contribution < 1.29 is 0 Å². The highest BCUT2D eigenvalue weighted by Gasteiger charge is 2.09. The zero-order chi connectivity index (χ0) is 12.0. The number of rotatable bonds is 7. The van der Waals surface area contributed by atoms with Crippen LogP contribution in [0, 0.1) is 0 Å². The molecule has 0 fully saturated rings. The van der Waals surface area contributed by atoms with E-state index in [2.05, 4.69) is 58.1 Å². The SMILES string of the molecule is C=CCNCC(C)N(C)Cc1csc(Br)c1. The van der Waals surface area contributed by atoms with Crippen LogP contribution in [0.3, 0.4) is 0 Å². The summed E-state index contributed by atoms with van der Waals surface area (Å²) in [7, 11) is 2.16. The molecule has 0 spiro atoms. The zero-order valence-corrected chi connectivity index (χ0v) is 12.3. The van der Waals surface area contributed by atoms with Gasteiger partial charge in [-0.05, 0) is 46.9 Å². The van der Waals surface area contributed by atoms with Gasteiger partial charge in [-0.25, -0.2) is 0 Å². The summed E-state index contributed by atoms with van der Waals surface area (Å²) < 4.78 is 1.20. The maximum Gasteiger partial charge on any atom is 0.0701 e. The van der Waals surface area contributed by atoms with Crippen LogP contribution in [0.1, 0.15) is 12.5 Å². The summed E-state index contributed by atoms with van der Waals surface area (Å²) in [4.78, 5) is 2.35. The average molecular weight is 303 g/mol. The largest absolute Gasteiger partial charge is 0.312 e. The van der Waals surface area contributed by atoms with Gasteiger partial charge < -0.3 is 5.32 Å². The van der Waals surface area contributed by atoms with Crippen molar-refractivity contribution >= 4 is 27.3 Å². The molecule has 16 heavy (non-hydrogen) atoms. The molecule has 1 unspecified atom stereocenters. The van der Waals surface area contributed by atoms with E-state index in [-0.39, 0.29) is 0 Å². The van der Waals surface area contributed by atoms with Crippen molar-refractivity contribution in [1.29, 1.82) is 0 Å². The van der Waals surface area contributed by atoms with E-state index in [1.54, 1.807) is 11.3 Å². The normalized spacial score (nSPS) is 13.0. The Labute approximate surface area is 110 Å². The van der Waals surface area contributed by atoms with Gasteiger partial charge in [0, 0.05) is 25.7 Å². The van der Waals surface area contributed by atoms with Crippen molar-refractivity contribution in [3.63, 3.8) is 0 Å². The fraction of sp³-hybridized carbons (Fsp3) is 0.500. The second-order valence-electron chi connectivity index (χ2n) is 3.97. The van der Waals surface area contributed by atoms with Gasteiger partial charge in [0.2, 0.25) is 0 Å². The first-order chi connectivity index (χ1) is 7.63. The Hall–Kier alpha value is -0.160. The van der Waals surface area contributed by atoms with Crippen LogP contribution in [-0.2, 0) is 6.54 Å². The molecule has 1 rings (SSSR count). The molecule has 4 heteroatoms. The van der Waals surface area contributed by atoms with Crippen molar-refractivity contribution in [3.8, 4) is 0 Å².